The Morgan fingerprint density at radius 3 is 2.86 bits per heavy atom. The highest BCUT2D eigenvalue weighted by atomic mass is 16.1. The zero-order valence-electron chi connectivity index (χ0n) is 12.1. The molecule has 1 aliphatic heterocycles. The first-order valence-corrected chi connectivity index (χ1v) is 7.27. The Bertz CT molecular complexity index is 640. The molecule has 0 radical (unpaired) electrons. The van der Waals surface area contributed by atoms with Gasteiger partial charge in [0.2, 0.25) is 0 Å². The lowest BCUT2D eigenvalue weighted by Crippen LogP contribution is -2.28. The maximum Gasteiger partial charge on any atom is 0.251 e. The largest absolute Gasteiger partial charge is 0.346 e. The number of hydrogen-bond donors (Lipinski definition) is 2. The third-order valence-corrected chi connectivity index (χ3v) is 3.91. The minimum absolute atomic E-state index is 0.0327. The molecule has 1 amide bonds. The van der Waals surface area contributed by atoms with E-state index in [1.54, 1.807) is 12.4 Å². The average molecular weight is 281 g/mol. The van der Waals surface area contributed by atoms with Crippen LogP contribution in [0.15, 0.2) is 42.7 Å². The summed E-state index contributed by atoms with van der Waals surface area (Å²) >= 11 is 0. The number of hydrogen-bond acceptors (Lipinski definition) is 3. The van der Waals surface area contributed by atoms with E-state index in [9.17, 15) is 4.79 Å². The number of fused-ring (bicyclic) bond motifs is 1. The van der Waals surface area contributed by atoms with Crippen molar-refractivity contribution in [3.63, 3.8) is 0 Å². The summed E-state index contributed by atoms with van der Waals surface area (Å²) in [5, 5.41) is 6.37. The fraction of sp³-hybridized carbons (Fsp3) is 0.294. The van der Waals surface area contributed by atoms with Gasteiger partial charge in [-0.25, -0.2) is 0 Å². The zero-order chi connectivity index (χ0) is 14.7. The number of amides is 1. The molecule has 4 nitrogen and oxygen atoms in total. The summed E-state index contributed by atoms with van der Waals surface area (Å²) in [5.41, 5.74) is 4.34. The number of benzene rings is 1. The molecular weight excluding hydrogens is 262 g/mol. The molecule has 1 aromatic heterocycles. The van der Waals surface area contributed by atoms with E-state index in [0.717, 1.165) is 30.6 Å². The molecule has 2 aromatic rings. The smallest absolute Gasteiger partial charge is 0.251 e. The van der Waals surface area contributed by atoms with Crippen molar-refractivity contribution in [1.82, 2.24) is 15.6 Å². The van der Waals surface area contributed by atoms with Crippen LogP contribution in [0, 0.1) is 0 Å². The first-order valence-electron chi connectivity index (χ1n) is 7.27. The molecule has 0 saturated carbocycles. The van der Waals surface area contributed by atoms with Crippen molar-refractivity contribution in [3.05, 3.63) is 65.0 Å². The lowest BCUT2D eigenvalue weighted by molar-refractivity contribution is 0.0939. The Balaban J connectivity index is 1.73. The van der Waals surface area contributed by atoms with Crippen molar-refractivity contribution in [2.75, 3.05) is 6.54 Å². The highest BCUT2D eigenvalue weighted by Crippen LogP contribution is 2.17. The number of carbonyl (C=O) groups is 1. The van der Waals surface area contributed by atoms with Crippen LogP contribution in [0.1, 0.15) is 40.0 Å². The quantitative estimate of drug-likeness (QED) is 0.907. The summed E-state index contributed by atoms with van der Waals surface area (Å²) in [6.45, 7) is 3.83. The predicted octanol–water partition coefficient (Wildman–Crippen LogP) is 2.22. The van der Waals surface area contributed by atoms with Crippen LogP contribution >= 0.6 is 0 Å². The van der Waals surface area contributed by atoms with Crippen LogP contribution in [0.2, 0.25) is 0 Å². The minimum Gasteiger partial charge on any atom is -0.346 e. The molecule has 21 heavy (non-hydrogen) atoms. The SMILES string of the molecule is C[C@@H](NC(=O)c1ccc2c(c1)CNCC2)c1ccncc1. The maximum absolute atomic E-state index is 12.4. The van der Waals surface area contributed by atoms with Crippen LogP contribution in [-0.2, 0) is 13.0 Å². The summed E-state index contributed by atoms with van der Waals surface area (Å²) in [6, 6.07) is 9.79. The Hall–Kier alpha value is -2.20. The summed E-state index contributed by atoms with van der Waals surface area (Å²) < 4.78 is 0. The number of nitrogens with zero attached hydrogens (tertiary/aromatic N) is 1. The second-order valence-corrected chi connectivity index (χ2v) is 5.39. The fourth-order valence-corrected chi connectivity index (χ4v) is 2.64. The molecule has 2 heterocycles. The van der Waals surface area contributed by atoms with Crippen LogP contribution in [0.25, 0.3) is 0 Å². The number of aromatic nitrogens is 1. The van der Waals surface area contributed by atoms with Gasteiger partial charge in [0.25, 0.3) is 5.91 Å². The van der Waals surface area contributed by atoms with Gasteiger partial charge in [0.05, 0.1) is 6.04 Å². The molecule has 108 valence electrons. The average Bonchev–Trinajstić information content (AvgIpc) is 2.55. The zero-order valence-corrected chi connectivity index (χ0v) is 12.1. The highest BCUT2D eigenvalue weighted by Gasteiger charge is 2.14. The van der Waals surface area contributed by atoms with Crippen molar-refractivity contribution < 1.29 is 4.79 Å². The second-order valence-electron chi connectivity index (χ2n) is 5.39. The molecule has 1 atom stereocenters. The van der Waals surface area contributed by atoms with Gasteiger partial charge >= 0.3 is 0 Å². The monoisotopic (exact) mass is 281 g/mol. The van der Waals surface area contributed by atoms with Crippen molar-refractivity contribution in [1.29, 1.82) is 0 Å². The summed E-state index contributed by atoms with van der Waals surface area (Å²) in [4.78, 5) is 16.4. The number of rotatable bonds is 3. The lowest BCUT2D eigenvalue weighted by atomic mass is 9.98. The van der Waals surface area contributed by atoms with Crippen molar-refractivity contribution >= 4 is 5.91 Å². The maximum atomic E-state index is 12.4. The van der Waals surface area contributed by atoms with Gasteiger partial charge in [0, 0.05) is 24.5 Å². The predicted molar refractivity (Wildman–Crippen MR) is 82.0 cm³/mol. The van der Waals surface area contributed by atoms with Crippen molar-refractivity contribution in [3.8, 4) is 0 Å². The molecule has 2 N–H and O–H groups in total. The normalized spacial score (nSPS) is 15.1. The van der Waals surface area contributed by atoms with Crippen molar-refractivity contribution in [2.24, 2.45) is 0 Å². The molecule has 1 aliphatic rings. The highest BCUT2D eigenvalue weighted by molar-refractivity contribution is 5.94. The van der Waals surface area contributed by atoms with Crippen LogP contribution in [0.3, 0.4) is 0 Å². The van der Waals surface area contributed by atoms with Crippen molar-refractivity contribution in [2.45, 2.75) is 25.9 Å². The van der Waals surface area contributed by atoms with Gasteiger partial charge in [-0.1, -0.05) is 6.07 Å². The van der Waals surface area contributed by atoms with Gasteiger partial charge < -0.3 is 10.6 Å². The molecule has 0 aliphatic carbocycles. The van der Waals surface area contributed by atoms with Gasteiger partial charge in [-0.05, 0) is 60.8 Å². The number of carbonyl (C=O) groups excluding carboxylic acids is 1. The molecule has 3 rings (SSSR count). The summed E-state index contributed by atoms with van der Waals surface area (Å²) in [7, 11) is 0. The van der Waals surface area contributed by atoms with Gasteiger partial charge in [-0.3, -0.25) is 9.78 Å². The van der Waals surface area contributed by atoms with E-state index < -0.39 is 0 Å². The van der Waals surface area contributed by atoms with E-state index in [1.807, 2.05) is 31.2 Å². The van der Waals surface area contributed by atoms with E-state index in [2.05, 4.69) is 21.7 Å². The molecular formula is C17H19N3O. The molecule has 4 heteroatoms. The topological polar surface area (TPSA) is 54.0 Å². The number of pyridine rings is 1. The molecule has 0 bridgehead atoms. The first-order chi connectivity index (χ1) is 10.2. The standard InChI is InChI=1S/C17H19N3O/c1-12(13-4-7-18-8-5-13)20-17(21)15-3-2-14-6-9-19-11-16(14)10-15/h2-5,7-8,10,12,19H,6,9,11H2,1H3,(H,20,21)/t12-/m1/s1. The lowest BCUT2D eigenvalue weighted by Gasteiger charge is -2.19. The fourth-order valence-electron chi connectivity index (χ4n) is 2.64. The van der Waals surface area contributed by atoms with E-state index in [0.29, 0.717) is 0 Å². The van der Waals surface area contributed by atoms with E-state index in [4.69, 9.17) is 0 Å². The summed E-state index contributed by atoms with van der Waals surface area (Å²) in [5.74, 6) is -0.0346. The Morgan fingerprint density at radius 2 is 2.05 bits per heavy atom. The van der Waals surface area contributed by atoms with Crippen LogP contribution in [0.4, 0.5) is 0 Å². The Labute approximate surface area is 124 Å². The second kappa shape index (κ2) is 6.06. The van der Waals surface area contributed by atoms with E-state index in [-0.39, 0.29) is 11.9 Å². The molecule has 0 fully saturated rings. The van der Waals surface area contributed by atoms with E-state index in [1.165, 1.54) is 11.1 Å². The van der Waals surface area contributed by atoms with E-state index >= 15 is 0 Å². The Morgan fingerprint density at radius 1 is 1.24 bits per heavy atom. The molecule has 0 unspecified atom stereocenters. The Kier molecular flexibility index (Phi) is 3.97. The van der Waals surface area contributed by atoms with Gasteiger partial charge in [-0.15, -0.1) is 0 Å². The summed E-state index contributed by atoms with van der Waals surface area (Å²) in [6.07, 6.45) is 4.51. The molecule has 1 aromatic carbocycles. The first kappa shape index (κ1) is 13.8. The third-order valence-electron chi connectivity index (χ3n) is 3.91. The van der Waals surface area contributed by atoms with Gasteiger partial charge in [-0.2, -0.15) is 0 Å². The van der Waals surface area contributed by atoms with Gasteiger partial charge in [0.1, 0.15) is 0 Å². The molecule has 0 spiro atoms. The van der Waals surface area contributed by atoms with Crippen LogP contribution in [-0.4, -0.2) is 17.4 Å². The van der Waals surface area contributed by atoms with Crippen LogP contribution < -0.4 is 10.6 Å². The van der Waals surface area contributed by atoms with Crippen LogP contribution in [0.5, 0.6) is 0 Å². The van der Waals surface area contributed by atoms with Gasteiger partial charge in [0.15, 0.2) is 0 Å². The number of nitrogens with one attached hydrogen (secondary N) is 2. The third kappa shape index (κ3) is 3.11. The molecule has 0 saturated heterocycles. The minimum atomic E-state index is -0.0346.